The van der Waals surface area contributed by atoms with Gasteiger partial charge in [-0.2, -0.15) is 0 Å². The number of fused-ring (bicyclic) bond motifs is 1. The first-order valence-electron chi connectivity index (χ1n) is 9.61. The van der Waals surface area contributed by atoms with Crippen LogP contribution >= 0.6 is 0 Å². The van der Waals surface area contributed by atoms with Gasteiger partial charge in [-0.1, -0.05) is 12.6 Å². The molecule has 0 saturated heterocycles. The molecule has 4 rings (SSSR count). The van der Waals surface area contributed by atoms with Gasteiger partial charge in [0.1, 0.15) is 28.9 Å². The molecule has 0 fully saturated rings. The van der Waals surface area contributed by atoms with Crippen LogP contribution < -0.4 is 4.90 Å². The molecule has 0 N–H and O–H groups in total. The summed E-state index contributed by atoms with van der Waals surface area (Å²) in [5, 5.41) is 0. The van der Waals surface area contributed by atoms with Crippen LogP contribution in [0.5, 0.6) is 0 Å². The van der Waals surface area contributed by atoms with E-state index in [1.165, 1.54) is 18.3 Å². The molecule has 0 aliphatic carbocycles. The Morgan fingerprint density at radius 2 is 2.10 bits per heavy atom. The highest BCUT2D eigenvalue weighted by Crippen LogP contribution is 2.30. The zero-order valence-corrected chi connectivity index (χ0v) is 17.4. The molecule has 0 bridgehead atoms. The fourth-order valence-corrected chi connectivity index (χ4v) is 3.55. The Labute approximate surface area is 178 Å². The summed E-state index contributed by atoms with van der Waals surface area (Å²) in [6.45, 7) is 7.55. The average molecular weight is 421 g/mol. The number of rotatable bonds is 5. The maximum absolute atomic E-state index is 14.2. The lowest BCUT2D eigenvalue weighted by atomic mass is 10.2. The molecule has 8 heteroatoms. The highest BCUT2D eigenvalue weighted by Gasteiger charge is 2.24. The quantitative estimate of drug-likeness (QED) is 0.552. The third-order valence-corrected chi connectivity index (χ3v) is 5.14. The van der Waals surface area contributed by atoms with Crippen LogP contribution in [0.25, 0.3) is 11.2 Å². The Morgan fingerprint density at radius 3 is 2.81 bits per heavy atom. The Morgan fingerprint density at radius 1 is 1.29 bits per heavy atom. The molecular weight excluding hydrogens is 400 g/mol. The SMILES string of the molecule is C=CN=C1C=CN(c2cnc3nc(C)n(Cc4ccc(F)cc4F)c3c2)/C1=C(/C)OC. The molecule has 0 unspecified atom stereocenters. The number of benzene rings is 1. The molecule has 158 valence electrons. The van der Waals surface area contributed by atoms with Crippen molar-refractivity contribution in [2.75, 3.05) is 12.0 Å². The molecule has 6 nitrogen and oxygen atoms in total. The van der Waals surface area contributed by atoms with Gasteiger partial charge < -0.3 is 14.2 Å². The molecule has 3 aromatic rings. The molecule has 2 aromatic heterocycles. The smallest absolute Gasteiger partial charge is 0.178 e. The molecule has 0 radical (unpaired) electrons. The number of aromatic nitrogens is 3. The molecule has 0 amide bonds. The van der Waals surface area contributed by atoms with Crippen LogP contribution in [0.1, 0.15) is 18.3 Å². The zero-order chi connectivity index (χ0) is 22.1. The minimum atomic E-state index is -0.608. The Kier molecular flexibility index (Phi) is 5.37. The van der Waals surface area contributed by atoms with Crippen molar-refractivity contribution in [1.82, 2.24) is 14.5 Å². The van der Waals surface area contributed by atoms with Crippen molar-refractivity contribution in [2.45, 2.75) is 20.4 Å². The van der Waals surface area contributed by atoms with Crippen LogP contribution in [0, 0.1) is 18.6 Å². The van der Waals surface area contributed by atoms with E-state index in [2.05, 4.69) is 21.5 Å². The summed E-state index contributed by atoms with van der Waals surface area (Å²) in [5.41, 5.74) is 3.90. The van der Waals surface area contributed by atoms with Crippen molar-refractivity contribution in [1.29, 1.82) is 0 Å². The fourth-order valence-electron chi connectivity index (χ4n) is 3.55. The summed E-state index contributed by atoms with van der Waals surface area (Å²) in [5.74, 6) is 0.156. The number of allylic oxidation sites excluding steroid dienone is 2. The molecule has 1 aliphatic rings. The van der Waals surface area contributed by atoms with Crippen molar-refractivity contribution in [2.24, 2.45) is 4.99 Å². The van der Waals surface area contributed by atoms with Crippen molar-refractivity contribution in [3.05, 3.63) is 90.0 Å². The average Bonchev–Trinajstić information content (AvgIpc) is 3.30. The van der Waals surface area contributed by atoms with Crippen LogP contribution in [0.2, 0.25) is 0 Å². The number of ether oxygens (including phenoxy) is 1. The predicted octanol–water partition coefficient (Wildman–Crippen LogP) is 4.86. The van der Waals surface area contributed by atoms with Gasteiger partial charge in [0.25, 0.3) is 0 Å². The maximum atomic E-state index is 14.2. The summed E-state index contributed by atoms with van der Waals surface area (Å²) in [7, 11) is 1.60. The van der Waals surface area contributed by atoms with Gasteiger partial charge in [0.2, 0.25) is 0 Å². The lowest BCUT2D eigenvalue weighted by Crippen LogP contribution is -2.18. The van der Waals surface area contributed by atoms with Gasteiger partial charge in [-0.3, -0.25) is 4.99 Å². The number of nitrogens with zero attached hydrogens (tertiary/aromatic N) is 5. The number of aryl methyl sites for hydroxylation is 1. The number of methoxy groups -OCH3 is 1. The van der Waals surface area contributed by atoms with Gasteiger partial charge in [0.05, 0.1) is 36.8 Å². The van der Waals surface area contributed by atoms with E-state index in [1.54, 1.807) is 13.3 Å². The predicted molar refractivity (Wildman–Crippen MR) is 117 cm³/mol. The monoisotopic (exact) mass is 421 g/mol. The van der Waals surface area contributed by atoms with E-state index < -0.39 is 11.6 Å². The molecule has 1 aliphatic heterocycles. The van der Waals surface area contributed by atoms with Gasteiger partial charge >= 0.3 is 0 Å². The topological polar surface area (TPSA) is 55.5 Å². The molecule has 0 saturated carbocycles. The summed E-state index contributed by atoms with van der Waals surface area (Å²) >= 11 is 0. The molecule has 0 spiro atoms. The van der Waals surface area contributed by atoms with E-state index in [9.17, 15) is 8.78 Å². The van der Waals surface area contributed by atoms with Gasteiger partial charge in [-0.05, 0) is 32.1 Å². The number of aliphatic imine (C=N–C) groups is 1. The number of hydrogen-bond acceptors (Lipinski definition) is 5. The van der Waals surface area contributed by atoms with E-state index in [-0.39, 0.29) is 6.54 Å². The van der Waals surface area contributed by atoms with Crippen LogP contribution in [-0.2, 0) is 11.3 Å². The van der Waals surface area contributed by atoms with Crippen molar-refractivity contribution in [3.8, 4) is 0 Å². The van der Waals surface area contributed by atoms with Gasteiger partial charge in [0, 0.05) is 24.0 Å². The van der Waals surface area contributed by atoms with Crippen LogP contribution in [0.4, 0.5) is 14.5 Å². The molecule has 1 aromatic carbocycles. The van der Waals surface area contributed by atoms with Crippen LogP contribution in [-0.4, -0.2) is 27.4 Å². The maximum Gasteiger partial charge on any atom is 0.178 e. The van der Waals surface area contributed by atoms with E-state index in [1.807, 2.05) is 41.7 Å². The summed E-state index contributed by atoms with van der Waals surface area (Å²) < 4.78 is 34.8. The second-order valence-corrected chi connectivity index (χ2v) is 7.01. The van der Waals surface area contributed by atoms with Crippen LogP contribution in [0.15, 0.2) is 72.0 Å². The first kappa shape index (κ1) is 20.5. The summed E-state index contributed by atoms with van der Waals surface area (Å²) in [6, 6.07) is 5.50. The first-order chi connectivity index (χ1) is 14.9. The van der Waals surface area contributed by atoms with E-state index in [4.69, 9.17) is 4.74 Å². The van der Waals surface area contributed by atoms with Gasteiger partial charge in [0.15, 0.2) is 5.65 Å². The number of halogens is 2. The number of hydrogen-bond donors (Lipinski definition) is 0. The Balaban J connectivity index is 1.79. The lowest BCUT2D eigenvalue weighted by molar-refractivity contribution is 0.290. The molecule has 0 atom stereocenters. The van der Waals surface area contributed by atoms with Crippen LogP contribution in [0.3, 0.4) is 0 Å². The van der Waals surface area contributed by atoms with E-state index in [0.29, 0.717) is 28.5 Å². The second-order valence-electron chi connectivity index (χ2n) is 7.01. The van der Waals surface area contributed by atoms with Crippen molar-refractivity contribution < 1.29 is 13.5 Å². The Bertz CT molecular complexity index is 1270. The van der Waals surface area contributed by atoms with Gasteiger partial charge in [-0.15, -0.1) is 0 Å². The fraction of sp³-hybridized carbons (Fsp3) is 0.174. The number of pyridine rings is 1. The first-order valence-corrected chi connectivity index (χ1v) is 9.61. The van der Waals surface area contributed by atoms with E-state index in [0.717, 1.165) is 23.0 Å². The summed E-state index contributed by atoms with van der Waals surface area (Å²) in [6.07, 6.45) is 6.92. The molecule has 3 heterocycles. The minimum Gasteiger partial charge on any atom is -0.499 e. The van der Waals surface area contributed by atoms with Crippen molar-refractivity contribution >= 4 is 22.6 Å². The van der Waals surface area contributed by atoms with Crippen molar-refractivity contribution in [3.63, 3.8) is 0 Å². The zero-order valence-electron chi connectivity index (χ0n) is 17.4. The molecule has 31 heavy (non-hydrogen) atoms. The highest BCUT2D eigenvalue weighted by molar-refractivity contribution is 6.14. The molecular formula is C23H21F2N5O. The third kappa shape index (κ3) is 3.72. The third-order valence-electron chi connectivity index (χ3n) is 5.14. The summed E-state index contributed by atoms with van der Waals surface area (Å²) in [4.78, 5) is 15.2. The largest absolute Gasteiger partial charge is 0.499 e. The minimum absolute atomic E-state index is 0.207. The standard InChI is InChI=1S/C23H21F2N5O/c1-5-26-20-8-9-29(22(20)14(2)31-4)18-11-21-23(27-12-18)28-15(3)30(21)13-16-6-7-17(24)10-19(16)25/h5-12H,1,13H2,2-4H3/b22-14-,26-20?. The number of anilines is 1. The van der Waals surface area contributed by atoms with Gasteiger partial charge in [-0.25, -0.2) is 18.7 Å². The lowest BCUT2D eigenvalue weighted by Gasteiger charge is -2.20. The normalized spacial score (nSPS) is 16.4. The number of imidazole rings is 1. The second kappa shape index (κ2) is 8.14. The highest BCUT2D eigenvalue weighted by atomic mass is 19.1. The van der Waals surface area contributed by atoms with E-state index >= 15 is 0 Å². The Hall–Kier alpha value is -3.81.